The highest BCUT2D eigenvalue weighted by atomic mass is 35.5. The van der Waals surface area contributed by atoms with Crippen LogP contribution >= 0.6 is 35.6 Å². The summed E-state index contributed by atoms with van der Waals surface area (Å²) in [4.78, 5) is 54.8. The van der Waals surface area contributed by atoms with Crippen LogP contribution in [0.1, 0.15) is 77.0 Å². The molecule has 3 heterocycles. The number of benzene rings is 1. The zero-order valence-corrected chi connectivity index (χ0v) is 29.9. The number of carbonyl (C=O) groups excluding carboxylic acids is 4. The SMILES string of the molecule is Cn1c(C=C2SC(=S)N(C3CC4CCC3C4)C2=O)cc(C#CCCCOC(=O)[C@@H]2CC(=O)N(C(C)(C)C)C(=O)N2)c1-c1ccc(Cl)cc1. The Labute approximate surface area is 295 Å². The zero-order valence-electron chi connectivity index (χ0n) is 27.5. The summed E-state index contributed by atoms with van der Waals surface area (Å²) in [5.74, 6) is 6.66. The number of thioether (sulfide) groups is 1. The molecule has 2 saturated heterocycles. The van der Waals surface area contributed by atoms with Gasteiger partial charge in [-0.25, -0.2) is 9.59 Å². The number of nitrogens with one attached hydrogen (secondary N) is 1. The largest absolute Gasteiger partial charge is 0.464 e. The highest BCUT2D eigenvalue weighted by molar-refractivity contribution is 8.26. The second-order valence-corrected chi connectivity index (χ2v) is 16.0. The van der Waals surface area contributed by atoms with Crippen LogP contribution in [-0.2, 0) is 26.2 Å². The molecule has 4 fully saturated rings. The quantitative estimate of drug-likeness (QED) is 0.115. The lowest BCUT2D eigenvalue weighted by Crippen LogP contribution is -2.62. The molecule has 2 aliphatic heterocycles. The first-order valence-corrected chi connectivity index (χ1v) is 17.9. The lowest BCUT2D eigenvalue weighted by Gasteiger charge is -2.38. The summed E-state index contributed by atoms with van der Waals surface area (Å²) in [6.45, 7) is 5.38. The molecule has 1 aromatic heterocycles. The molecule has 12 heteroatoms. The molecule has 1 aromatic carbocycles. The summed E-state index contributed by atoms with van der Waals surface area (Å²) in [7, 11) is 1.95. The van der Waals surface area contributed by atoms with Gasteiger partial charge in [0.25, 0.3) is 5.91 Å². The van der Waals surface area contributed by atoms with Crippen molar-refractivity contribution in [2.45, 2.75) is 83.3 Å². The Morgan fingerprint density at radius 3 is 2.56 bits per heavy atom. The average molecular weight is 707 g/mol. The standard InChI is InChI=1S/C36H39ClN4O5S2/c1-36(2,3)41-30(42)20-27(38-34(41)45)33(44)46-15-7-5-6-8-24-18-26(39(4)31(24)22-11-13-25(37)14-12-22)19-29-32(43)40(35(47)48-29)28-17-21-9-10-23(28)16-21/h11-14,18-19,21,23,27-28H,5,7,9-10,15-17,20H2,1-4H3,(H,38,45)/t21?,23?,27-,28?/m0/s1. The van der Waals surface area contributed by atoms with Gasteiger partial charge in [0.1, 0.15) is 10.4 Å². The Hall–Kier alpha value is -3.59. The number of rotatable bonds is 7. The van der Waals surface area contributed by atoms with Gasteiger partial charge in [-0.05, 0) is 88.1 Å². The fourth-order valence-electron chi connectivity index (χ4n) is 7.30. The molecule has 9 nitrogen and oxygen atoms in total. The second kappa shape index (κ2) is 13.7. The summed E-state index contributed by atoms with van der Waals surface area (Å²) in [5, 5.41) is 3.21. The Morgan fingerprint density at radius 1 is 1.17 bits per heavy atom. The summed E-state index contributed by atoms with van der Waals surface area (Å²) in [6.07, 6.45) is 7.37. The fourth-order valence-corrected chi connectivity index (χ4v) is 8.78. The third-order valence-corrected chi connectivity index (χ3v) is 11.1. The predicted molar refractivity (Wildman–Crippen MR) is 191 cm³/mol. The van der Waals surface area contributed by atoms with Crippen LogP contribution in [0.15, 0.2) is 35.2 Å². The van der Waals surface area contributed by atoms with E-state index in [1.54, 1.807) is 20.8 Å². The summed E-state index contributed by atoms with van der Waals surface area (Å²) >= 11 is 13.3. The predicted octanol–water partition coefficient (Wildman–Crippen LogP) is 6.52. The van der Waals surface area contributed by atoms with Crippen molar-refractivity contribution in [1.29, 1.82) is 0 Å². The maximum Gasteiger partial charge on any atom is 0.329 e. The number of nitrogens with zero attached hydrogens (tertiary/aromatic N) is 3. The van der Waals surface area contributed by atoms with E-state index in [1.807, 2.05) is 52.9 Å². The molecule has 4 amide bonds. The minimum Gasteiger partial charge on any atom is -0.464 e. The maximum absolute atomic E-state index is 13.6. The number of amides is 4. The van der Waals surface area contributed by atoms with Crippen LogP contribution < -0.4 is 5.32 Å². The highest BCUT2D eigenvalue weighted by Crippen LogP contribution is 2.49. The monoisotopic (exact) mass is 706 g/mol. The van der Waals surface area contributed by atoms with Gasteiger partial charge in [0.2, 0.25) is 5.91 Å². The molecule has 4 atom stereocenters. The van der Waals surface area contributed by atoms with Gasteiger partial charge in [-0.1, -0.05) is 66.0 Å². The molecule has 2 aliphatic carbocycles. The molecule has 3 unspecified atom stereocenters. The molecule has 0 spiro atoms. The van der Waals surface area contributed by atoms with Gasteiger partial charge in [-0.15, -0.1) is 0 Å². The molecular weight excluding hydrogens is 668 g/mol. The van der Waals surface area contributed by atoms with E-state index < -0.39 is 29.5 Å². The number of hydrogen-bond acceptors (Lipinski definition) is 7. The van der Waals surface area contributed by atoms with E-state index in [4.69, 9.17) is 28.6 Å². The smallest absolute Gasteiger partial charge is 0.329 e. The Bertz CT molecular complexity index is 1750. The van der Waals surface area contributed by atoms with Gasteiger partial charge < -0.3 is 14.6 Å². The van der Waals surface area contributed by atoms with E-state index in [1.165, 1.54) is 31.0 Å². The zero-order chi connectivity index (χ0) is 34.3. The van der Waals surface area contributed by atoms with Crippen molar-refractivity contribution in [3.63, 3.8) is 0 Å². The van der Waals surface area contributed by atoms with Crippen LogP contribution in [0.4, 0.5) is 4.79 Å². The van der Waals surface area contributed by atoms with Gasteiger partial charge in [0.05, 0.1) is 29.2 Å². The third-order valence-electron chi connectivity index (χ3n) is 9.52. The Balaban J connectivity index is 1.12. The number of imide groups is 1. The van der Waals surface area contributed by atoms with E-state index in [2.05, 4.69) is 17.2 Å². The molecule has 4 aliphatic rings. The first-order chi connectivity index (χ1) is 22.8. The fraction of sp³-hybridized carbons (Fsp3) is 0.472. The van der Waals surface area contributed by atoms with Crippen molar-refractivity contribution in [3.05, 3.63) is 51.5 Å². The molecule has 2 aromatic rings. The van der Waals surface area contributed by atoms with Gasteiger partial charge in [-0.3, -0.25) is 19.4 Å². The van der Waals surface area contributed by atoms with Crippen molar-refractivity contribution in [3.8, 4) is 23.1 Å². The van der Waals surface area contributed by atoms with Crippen LogP contribution in [0.5, 0.6) is 0 Å². The molecule has 6 rings (SSSR count). The first-order valence-electron chi connectivity index (χ1n) is 16.3. The minimum atomic E-state index is -1.01. The molecule has 48 heavy (non-hydrogen) atoms. The van der Waals surface area contributed by atoms with Crippen molar-refractivity contribution >= 4 is 69.8 Å². The van der Waals surface area contributed by atoms with Gasteiger partial charge in [-0.2, -0.15) is 0 Å². The molecule has 2 saturated carbocycles. The number of carbonyl (C=O) groups is 4. The number of unbranched alkanes of at least 4 members (excludes halogenated alkanes) is 1. The van der Waals surface area contributed by atoms with E-state index in [0.29, 0.717) is 38.9 Å². The van der Waals surface area contributed by atoms with Crippen molar-refractivity contribution in [2.24, 2.45) is 18.9 Å². The lowest BCUT2D eigenvalue weighted by atomic mass is 9.94. The number of halogens is 1. The van der Waals surface area contributed by atoms with E-state index in [0.717, 1.165) is 33.8 Å². The van der Waals surface area contributed by atoms with E-state index in [-0.39, 0.29) is 25.0 Å². The van der Waals surface area contributed by atoms with E-state index >= 15 is 0 Å². The topological polar surface area (TPSA) is 101 Å². The van der Waals surface area contributed by atoms with Crippen molar-refractivity contribution in [1.82, 2.24) is 19.7 Å². The Kier molecular flexibility index (Phi) is 9.81. The highest BCUT2D eigenvalue weighted by Gasteiger charge is 2.48. The lowest BCUT2D eigenvalue weighted by molar-refractivity contribution is -0.150. The number of urea groups is 1. The van der Waals surface area contributed by atoms with Gasteiger partial charge in [0.15, 0.2) is 0 Å². The summed E-state index contributed by atoms with van der Waals surface area (Å²) in [6, 6.07) is 8.13. The number of aromatic nitrogens is 1. The van der Waals surface area contributed by atoms with Gasteiger partial charge in [0, 0.05) is 35.8 Å². The average Bonchev–Trinajstić information content (AvgIpc) is 3.78. The minimum absolute atomic E-state index is 0.0114. The number of hydrogen-bond donors (Lipinski definition) is 1. The molecule has 0 radical (unpaired) electrons. The maximum atomic E-state index is 13.6. The molecular formula is C36H39ClN4O5S2. The van der Waals surface area contributed by atoms with Crippen LogP contribution in [0.25, 0.3) is 17.3 Å². The van der Waals surface area contributed by atoms with Crippen LogP contribution in [-0.4, -0.2) is 66.7 Å². The van der Waals surface area contributed by atoms with Gasteiger partial charge >= 0.3 is 12.0 Å². The number of thiocarbonyl (C=S) groups is 1. The summed E-state index contributed by atoms with van der Waals surface area (Å²) < 4.78 is 8.04. The van der Waals surface area contributed by atoms with Crippen molar-refractivity contribution < 1.29 is 23.9 Å². The Morgan fingerprint density at radius 2 is 1.92 bits per heavy atom. The molecule has 2 bridgehead atoms. The van der Waals surface area contributed by atoms with Crippen LogP contribution in [0.3, 0.4) is 0 Å². The number of esters is 1. The first kappa shape index (κ1) is 34.3. The third kappa shape index (κ3) is 6.93. The normalized spacial score (nSPS) is 24.7. The van der Waals surface area contributed by atoms with Crippen LogP contribution in [0, 0.1) is 23.7 Å². The van der Waals surface area contributed by atoms with E-state index in [9.17, 15) is 19.2 Å². The van der Waals surface area contributed by atoms with Crippen LogP contribution in [0.2, 0.25) is 5.02 Å². The second-order valence-electron chi connectivity index (χ2n) is 13.9. The molecule has 252 valence electrons. The molecule has 1 N–H and O–H groups in total. The summed E-state index contributed by atoms with van der Waals surface area (Å²) in [5.41, 5.74) is 2.76. The van der Waals surface area contributed by atoms with Crippen molar-refractivity contribution in [2.75, 3.05) is 6.61 Å². The number of fused-ring (bicyclic) bond motifs is 2. The number of ether oxygens (including phenoxy) is 1.